The number of hydrogen-bond donors (Lipinski definition) is 1. The predicted octanol–water partition coefficient (Wildman–Crippen LogP) is 0.872. The number of aliphatic hydroxyl groups excluding tert-OH is 1. The van der Waals surface area contributed by atoms with E-state index in [1.807, 2.05) is 13.8 Å². The Hall–Kier alpha value is -2.17. The van der Waals surface area contributed by atoms with Crippen molar-refractivity contribution in [1.82, 2.24) is 14.5 Å². The summed E-state index contributed by atoms with van der Waals surface area (Å²) in [6, 6.07) is 2.08. The molecule has 0 saturated carbocycles. The monoisotopic (exact) mass is 330 g/mol. The van der Waals surface area contributed by atoms with Crippen molar-refractivity contribution in [3.05, 3.63) is 29.9 Å². The van der Waals surface area contributed by atoms with Gasteiger partial charge in [-0.1, -0.05) is 13.8 Å². The molecule has 0 radical (unpaired) electrons. The van der Waals surface area contributed by atoms with Crippen molar-refractivity contribution in [2.45, 2.75) is 32.0 Å². The SMILES string of the molecule is Cn1cncc1C(=O)N1CCOC2(C=C(C#N)C(O)C(C)(C)C2)C1. The zero-order valence-electron chi connectivity index (χ0n) is 14.2. The Morgan fingerprint density at radius 1 is 1.54 bits per heavy atom. The van der Waals surface area contributed by atoms with Crippen molar-refractivity contribution < 1.29 is 14.6 Å². The molecule has 1 aliphatic carbocycles. The number of aromatic nitrogens is 2. The number of nitrogens with zero attached hydrogens (tertiary/aromatic N) is 4. The van der Waals surface area contributed by atoms with Crippen LogP contribution >= 0.6 is 0 Å². The average Bonchev–Trinajstić information content (AvgIpc) is 2.96. The maximum absolute atomic E-state index is 12.8. The molecule has 1 aromatic rings. The maximum Gasteiger partial charge on any atom is 0.272 e. The highest BCUT2D eigenvalue weighted by atomic mass is 16.5. The van der Waals surface area contributed by atoms with Crippen LogP contribution in [0.4, 0.5) is 0 Å². The first-order chi connectivity index (χ1) is 11.3. The fraction of sp³-hybridized carbons (Fsp3) is 0.588. The molecule has 1 aromatic heterocycles. The van der Waals surface area contributed by atoms with E-state index in [4.69, 9.17) is 4.74 Å². The number of amides is 1. The summed E-state index contributed by atoms with van der Waals surface area (Å²) in [5.74, 6) is -0.103. The zero-order chi connectivity index (χ0) is 17.5. The number of imidazole rings is 1. The van der Waals surface area contributed by atoms with Crippen LogP contribution < -0.4 is 0 Å². The lowest BCUT2D eigenvalue weighted by atomic mass is 9.68. The number of morpholine rings is 1. The molecule has 2 unspecified atom stereocenters. The molecule has 24 heavy (non-hydrogen) atoms. The normalized spacial score (nSPS) is 29.2. The van der Waals surface area contributed by atoms with Crippen LogP contribution in [0, 0.1) is 16.7 Å². The molecule has 7 nitrogen and oxygen atoms in total. The Morgan fingerprint density at radius 3 is 2.92 bits per heavy atom. The highest BCUT2D eigenvalue weighted by molar-refractivity contribution is 5.92. The van der Waals surface area contributed by atoms with Gasteiger partial charge < -0.3 is 19.3 Å². The summed E-state index contributed by atoms with van der Waals surface area (Å²) in [6.45, 7) is 5.07. The Labute approximate surface area is 141 Å². The van der Waals surface area contributed by atoms with Crippen LogP contribution in [0.5, 0.6) is 0 Å². The Morgan fingerprint density at radius 2 is 2.29 bits per heavy atom. The summed E-state index contributed by atoms with van der Waals surface area (Å²) >= 11 is 0. The number of rotatable bonds is 1. The molecule has 1 fully saturated rings. The van der Waals surface area contributed by atoms with Crippen molar-refractivity contribution >= 4 is 5.91 Å². The van der Waals surface area contributed by atoms with Gasteiger partial charge in [0.25, 0.3) is 5.91 Å². The highest BCUT2D eigenvalue weighted by Crippen LogP contribution is 2.43. The van der Waals surface area contributed by atoms with Crippen molar-refractivity contribution in [1.29, 1.82) is 5.26 Å². The van der Waals surface area contributed by atoms with Gasteiger partial charge in [0.15, 0.2) is 0 Å². The Kier molecular flexibility index (Phi) is 3.98. The number of carbonyl (C=O) groups is 1. The molecule has 2 atom stereocenters. The lowest BCUT2D eigenvalue weighted by molar-refractivity contribution is -0.109. The second-order valence-corrected chi connectivity index (χ2v) is 7.31. The van der Waals surface area contributed by atoms with Crippen LogP contribution in [-0.4, -0.2) is 56.9 Å². The van der Waals surface area contributed by atoms with Crippen LogP contribution in [0.15, 0.2) is 24.2 Å². The van der Waals surface area contributed by atoms with Gasteiger partial charge in [0.05, 0.1) is 43.4 Å². The van der Waals surface area contributed by atoms with Gasteiger partial charge in [-0.25, -0.2) is 4.98 Å². The molecule has 1 aliphatic heterocycles. The summed E-state index contributed by atoms with van der Waals surface area (Å²) < 4.78 is 7.69. The topological polar surface area (TPSA) is 91.4 Å². The standard InChI is InChI=1S/C17H22N4O3/c1-16(2)9-17(6-12(7-18)14(16)22)10-21(4-5-24-17)15(23)13-8-19-11-20(13)3/h6,8,11,14,22H,4-5,9-10H2,1-3H3. The van der Waals surface area contributed by atoms with Crippen molar-refractivity contribution in [3.8, 4) is 6.07 Å². The average molecular weight is 330 g/mol. The van der Waals surface area contributed by atoms with Gasteiger partial charge in [-0.05, 0) is 17.9 Å². The maximum atomic E-state index is 12.8. The summed E-state index contributed by atoms with van der Waals surface area (Å²) in [7, 11) is 1.78. The van der Waals surface area contributed by atoms with Crippen molar-refractivity contribution in [3.63, 3.8) is 0 Å². The van der Waals surface area contributed by atoms with E-state index < -0.39 is 17.1 Å². The van der Waals surface area contributed by atoms with E-state index in [9.17, 15) is 15.2 Å². The highest BCUT2D eigenvalue weighted by Gasteiger charge is 2.48. The van der Waals surface area contributed by atoms with Gasteiger partial charge in [0.2, 0.25) is 0 Å². The van der Waals surface area contributed by atoms with E-state index in [-0.39, 0.29) is 5.91 Å². The lowest BCUT2D eigenvalue weighted by Crippen LogP contribution is -2.57. The second-order valence-electron chi connectivity index (χ2n) is 7.31. The minimum Gasteiger partial charge on any atom is -0.387 e. The fourth-order valence-corrected chi connectivity index (χ4v) is 3.70. The molecule has 128 valence electrons. The molecule has 1 amide bonds. The van der Waals surface area contributed by atoms with E-state index in [2.05, 4.69) is 11.1 Å². The minimum absolute atomic E-state index is 0.103. The Balaban J connectivity index is 1.90. The Bertz CT molecular complexity index is 730. The van der Waals surface area contributed by atoms with Gasteiger partial charge in [0, 0.05) is 13.6 Å². The minimum atomic E-state index is -0.820. The lowest BCUT2D eigenvalue weighted by Gasteiger charge is -2.48. The second kappa shape index (κ2) is 5.72. The number of carbonyl (C=O) groups excluding carboxylic acids is 1. The summed E-state index contributed by atoms with van der Waals surface area (Å²) in [6.07, 6.45) is 4.57. The summed E-state index contributed by atoms with van der Waals surface area (Å²) in [5.41, 5.74) is -0.411. The van der Waals surface area contributed by atoms with Crippen molar-refractivity contribution in [2.75, 3.05) is 19.7 Å². The number of hydrogen-bond acceptors (Lipinski definition) is 5. The molecule has 1 N–H and O–H groups in total. The molecule has 2 heterocycles. The first-order valence-electron chi connectivity index (χ1n) is 7.98. The largest absolute Gasteiger partial charge is 0.387 e. The molecule has 7 heteroatoms. The molecule has 3 rings (SSSR count). The summed E-state index contributed by atoms with van der Waals surface area (Å²) in [5, 5.41) is 19.7. The molecular formula is C17H22N4O3. The molecule has 0 bridgehead atoms. The summed E-state index contributed by atoms with van der Waals surface area (Å²) in [4.78, 5) is 18.5. The van der Waals surface area contributed by atoms with Crippen LogP contribution in [0.3, 0.4) is 0 Å². The molecular weight excluding hydrogens is 308 g/mol. The predicted molar refractivity (Wildman–Crippen MR) is 85.9 cm³/mol. The third-order valence-corrected chi connectivity index (χ3v) is 4.87. The molecule has 1 spiro atoms. The molecule has 1 saturated heterocycles. The van der Waals surface area contributed by atoms with Crippen LogP contribution in [-0.2, 0) is 11.8 Å². The van der Waals surface area contributed by atoms with E-state index in [0.29, 0.717) is 37.4 Å². The number of aliphatic hydroxyl groups is 1. The smallest absolute Gasteiger partial charge is 0.272 e. The molecule has 2 aliphatic rings. The fourth-order valence-electron chi connectivity index (χ4n) is 3.70. The van der Waals surface area contributed by atoms with E-state index in [0.717, 1.165) is 0 Å². The van der Waals surface area contributed by atoms with Crippen molar-refractivity contribution in [2.24, 2.45) is 12.5 Å². The van der Waals surface area contributed by atoms with E-state index in [1.54, 1.807) is 35.1 Å². The number of ether oxygens (including phenoxy) is 1. The number of nitriles is 1. The van der Waals surface area contributed by atoms with Crippen LogP contribution in [0.25, 0.3) is 0 Å². The third-order valence-electron chi connectivity index (χ3n) is 4.87. The zero-order valence-corrected chi connectivity index (χ0v) is 14.2. The van der Waals surface area contributed by atoms with Gasteiger partial charge in [-0.15, -0.1) is 0 Å². The van der Waals surface area contributed by atoms with Crippen LogP contribution in [0.1, 0.15) is 30.8 Å². The van der Waals surface area contributed by atoms with Gasteiger partial charge in [0.1, 0.15) is 11.3 Å². The van der Waals surface area contributed by atoms with Gasteiger partial charge >= 0.3 is 0 Å². The first kappa shape index (κ1) is 16.7. The molecule has 0 aromatic carbocycles. The van der Waals surface area contributed by atoms with Gasteiger partial charge in [-0.2, -0.15) is 5.26 Å². The third kappa shape index (κ3) is 2.72. The first-order valence-corrected chi connectivity index (χ1v) is 7.98. The quantitative estimate of drug-likeness (QED) is 0.825. The van der Waals surface area contributed by atoms with Crippen LogP contribution in [0.2, 0.25) is 0 Å². The van der Waals surface area contributed by atoms with Gasteiger partial charge in [-0.3, -0.25) is 4.79 Å². The van der Waals surface area contributed by atoms with E-state index >= 15 is 0 Å². The number of aryl methyl sites for hydroxylation is 1. The van der Waals surface area contributed by atoms with E-state index in [1.165, 1.54) is 0 Å².